The lowest BCUT2D eigenvalue weighted by atomic mass is 9.90. The third kappa shape index (κ3) is 2.76. The van der Waals surface area contributed by atoms with E-state index in [9.17, 15) is 5.11 Å². The highest BCUT2D eigenvalue weighted by atomic mass is 32.1. The van der Waals surface area contributed by atoms with Gasteiger partial charge in [-0.1, -0.05) is 25.3 Å². The van der Waals surface area contributed by atoms with Crippen molar-refractivity contribution in [1.29, 1.82) is 0 Å². The number of hydrogen-bond acceptors (Lipinski definition) is 5. The Balaban J connectivity index is 2.19. The number of aliphatic hydroxyl groups is 1. The first-order valence-corrected chi connectivity index (χ1v) is 6.63. The minimum absolute atomic E-state index is 0.0990. The predicted molar refractivity (Wildman–Crippen MR) is 70.5 cm³/mol. The zero-order chi connectivity index (χ0) is 13.3. The van der Waals surface area contributed by atoms with Crippen LogP contribution in [0, 0.1) is 0 Å². The van der Waals surface area contributed by atoms with E-state index in [2.05, 4.69) is 35.5 Å². The van der Waals surface area contributed by atoms with Gasteiger partial charge in [-0.25, -0.2) is 0 Å². The van der Waals surface area contributed by atoms with Gasteiger partial charge in [-0.3, -0.25) is 4.68 Å². The molecule has 2 aromatic rings. The fourth-order valence-electron chi connectivity index (χ4n) is 1.83. The van der Waals surface area contributed by atoms with E-state index < -0.39 is 6.10 Å². The summed E-state index contributed by atoms with van der Waals surface area (Å²) in [6, 6.07) is 0. The SMILES string of the molecule is Cn1cc(CC(O)c2snnc2C(C)(C)C)cn1. The molecule has 2 aromatic heterocycles. The van der Waals surface area contributed by atoms with Crippen molar-refractivity contribution in [1.82, 2.24) is 19.4 Å². The van der Waals surface area contributed by atoms with Crippen LogP contribution in [0.3, 0.4) is 0 Å². The molecular weight excluding hydrogens is 248 g/mol. The predicted octanol–water partition coefficient (Wildman–Crippen LogP) is 1.85. The Morgan fingerprint density at radius 2 is 2.17 bits per heavy atom. The summed E-state index contributed by atoms with van der Waals surface area (Å²) in [6.07, 6.45) is 3.66. The molecule has 98 valence electrons. The van der Waals surface area contributed by atoms with Crippen molar-refractivity contribution in [2.45, 2.75) is 38.7 Å². The molecule has 5 nitrogen and oxygen atoms in total. The van der Waals surface area contributed by atoms with Crippen LogP contribution in [0.15, 0.2) is 12.4 Å². The number of aromatic nitrogens is 4. The smallest absolute Gasteiger partial charge is 0.0958 e. The molecule has 0 aliphatic carbocycles. The van der Waals surface area contributed by atoms with E-state index in [0.29, 0.717) is 6.42 Å². The maximum absolute atomic E-state index is 10.3. The second-order valence-electron chi connectivity index (χ2n) is 5.48. The molecule has 0 aliphatic heterocycles. The minimum atomic E-state index is -0.566. The van der Waals surface area contributed by atoms with Crippen LogP contribution in [0.5, 0.6) is 0 Å². The number of hydrogen-bond donors (Lipinski definition) is 1. The standard InChI is InChI=1S/C12H18N4OS/c1-12(2,3)11-10(18-15-14-11)9(17)5-8-6-13-16(4)7-8/h6-7,9,17H,5H2,1-4H3. The van der Waals surface area contributed by atoms with E-state index in [1.54, 1.807) is 10.9 Å². The summed E-state index contributed by atoms with van der Waals surface area (Å²) < 4.78 is 5.70. The van der Waals surface area contributed by atoms with Crippen LogP contribution in [0.1, 0.15) is 43.0 Å². The van der Waals surface area contributed by atoms with E-state index in [0.717, 1.165) is 16.1 Å². The van der Waals surface area contributed by atoms with Gasteiger partial charge in [0.25, 0.3) is 0 Å². The molecule has 0 aromatic carbocycles. The topological polar surface area (TPSA) is 63.8 Å². The first-order chi connectivity index (χ1) is 8.38. The molecule has 1 unspecified atom stereocenters. The van der Waals surface area contributed by atoms with Crippen molar-refractivity contribution in [3.05, 3.63) is 28.5 Å². The quantitative estimate of drug-likeness (QED) is 0.920. The lowest BCUT2D eigenvalue weighted by Crippen LogP contribution is -2.16. The fraction of sp³-hybridized carbons (Fsp3) is 0.583. The molecule has 2 rings (SSSR count). The third-order valence-corrected chi connectivity index (χ3v) is 3.54. The minimum Gasteiger partial charge on any atom is -0.387 e. The second-order valence-corrected chi connectivity index (χ2v) is 6.26. The van der Waals surface area contributed by atoms with Crippen LogP contribution in [-0.4, -0.2) is 24.5 Å². The molecule has 0 saturated carbocycles. The molecule has 0 saturated heterocycles. The van der Waals surface area contributed by atoms with Gasteiger partial charge in [-0.05, 0) is 17.1 Å². The molecule has 2 heterocycles. The highest BCUT2D eigenvalue weighted by molar-refractivity contribution is 7.05. The van der Waals surface area contributed by atoms with Gasteiger partial charge in [-0.2, -0.15) is 5.10 Å². The van der Waals surface area contributed by atoms with Gasteiger partial charge in [0.1, 0.15) is 0 Å². The Kier molecular flexibility index (Phi) is 3.49. The fourth-order valence-corrected chi connectivity index (χ4v) is 2.68. The van der Waals surface area contributed by atoms with Crippen molar-refractivity contribution in [2.75, 3.05) is 0 Å². The largest absolute Gasteiger partial charge is 0.387 e. The van der Waals surface area contributed by atoms with E-state index >= 15 is 0 Å². The Labute approximate surface area is 111 Å². The van der Waals surface area contributed by atoms with Crippen LogP contribution in [0.2, 0.25) is 0 Å². The van der Waals surface area contributed by atoms with Crippen molar-refractivity contribution in [3.63, 3.8) is 0 Å². The highest BCUT2D eigenvalue weighted by Crippen LogP contribution is 2.31. The lowest BCUT2D eigenvalue weighted by molar-refractivity contribution is 0.179. The van der Waals surface area contributed by atoms with Crippen LogP contribution in [0.25, 0.3) is 0 Å². The monoisotopic (exact) mass is 266 g/mol. The molecular formula is C12H18N4OS. The summed E-state index contributed by atoms with van der Waals surface area (Å²) in [4.78, 5) is 0.853. The van der Waals surface area contributed by atoms with Crippen LogP contribution < -0.4 is 0 Å². The summed E-state index contributed by atoms with van der Waals surface area (Å²) in [5.41, 5.74) is 1.79. The molecule has 18 heavy (non-hydrogen) atoms. The Morgan fingerprint density at radius 3 is 2.72 bits per heavy atom. The Bertz CT molecular complexity index is 526. The first-order valence-electron chi connectivity index (χ1n) is 5.86. The van der Waals surface area contributed by atoms with Crippen LogP contribution in [-0.2, 0) is 18.9 Å². The van der Waals surface area contributed by atoms with Crippen molar-refractivity contribution >= 4 is 11.5 Å². The Morgan fingerprint density at radius 1 is 1.44 bits per heavy atom. The van der Waals surface area contributed by atoms with Crippen LogP contribution >= 0.6 is 11.5 Å². The summed E-state index contributed by atoms with van der Waals surface area (Å²) in [7, 11) is 1.87. The highest BCUT2D eigenvalue weighted by Gasteiger charge is 2.26. The van der Waals surface area contributed by atoms with Gasteiger partial charge < -0.3 is 5.11 Å². The van der Waals surface area contributed by atoms with Gasteiger partial charge in [-0.15, -0.1) is 5.10 Å². The van der Waals surface area contributed by atoms with Crippen molar-refractivity contribution < 1.29 is 5.11 Å². The van der Waals surface area contributed by atoms with Crippen molar-refractivity contribution in [3.8, 4) is 0 Å². The zero-order valence-electron chi connectivity index (χ0n) is 11.1. The van der Waals surface area contributed by atoms with E-state index in [1.807, 2.05) is 13.2 Å². The number of nitrogens with zero attached hydrogens (tertiary/aromatic N) is 4. The van der Waals surface area contributed by atoms with Crippen LogP contribution in [0.4, 0.5) is 0 Å². The summed E-state index contributed by atoms with van der Waals surface area (Å²) >= 11 is 1.27. The lowest BCUT2D eigenvalue weighted by Gasteiger charge is -2.18. The molecule has 0 amide bonds. The maximum Gasteiger partial charge on any atom is 0.0958 e. The number of rotatable bonds is 3. The molecule has 0 radical (unpaired) electrons. The molecule has 1 atom stereocenters. The average Bonchev–Trinajstić information content (AvgIpc) is 2.85. The molecule has 1 N–H and O–H groups in total. The van der Waals surface area contributed by atoms with Gasteiger partial charge >= 0.3 is 0 Å². The number of aryl methyl sites for hydroxylation is 1. The van der Waals surface area contributed by atoms with E-state index in [-0.39, 0.29) is 5.41 Å². The molecule has 6 heteroatoms. The number of aliphatic hydroxyl groups excluding tert-OH is 1. The second kappa shape index (κ2) is 4.78. The molecule has 0 fully saturated rings. The van der Waals surface area contributed by atoms with E-state index in [1.165, 1.54) is 11.5 Å². The van der Waals surface area contributed by atoms with Gasteiger partial charge in [0.15, 0.2) is 0 Å². The van der Waals surface area contributed by atoms with Gasteiger partial charge in [0.2, 0.25) is 0 Å². The summed E-state index contributed by atoms with van der Waals surface area (Å²) in [5, 5.41) is 18.6. The Hall–Kier alpha value is -1.27. The average molecular weight is 266 g/mol. The molecule has 0 spiro atoms. The summed E-state index contributed by atoms with van der Waals surface area (Å²) in [6.45, 7) is 6.22. The summed E-state index contributed by atoms with van der Waals surface area (Å²) in [5.74, 6) is 0. The molecule has 0 bridgehead atoms. The molecule has 0 aliphatic rings. The van der Waals surface area contributed by atoms with Gasteiger partial charge in [0.05, 0.1) is 22.9 Å². The zero-order valence-corrected chi connectivity index (χ0v) is 11.9. The first kappa shape index (κ1) is 13.2. The normalized spacial score (nSPS) is 13.8. The van der Waals surface area contributed by atoms with E-state index in [4.69, 9.17) is 0 Å². The maximum atomic E-state index is 10.3. The van der Waals surface area contributed by atoms with Gasteiger partial charge in [0, 0.05) is 25.1 Å². The van der Waals surface area contributed by atoms with Crippen molar-refractivity contribution in [2.24, 2.45) is 7.05 Å². The third-order valence-electron chi connectivity index (χ3n) is 2.71.